The molecule has 0 aromatic heterocycles. The Morgan fingerprint density at radius 2 is 1.81 bits per heavy atom. The molecule has 0 radical (unpaired) electrons. The highest BCUT2D eigenvalue weighted by Gasteiger charge is 2.35. The number of halogens is 1. The number of nitrogens with one attached hydrogen (secondary N) is 1. The molecular formula is C17H22ClNO2. The summed E-state index contributed by atoms with van der Waals surface area (Å²) in [4.78, 5) is 12.5. The fraction of sp³-hybridized carbons (Fsp3) is 0.588. The minimum absolute atomic E-state index is 0.00634. The molecule has 21 heavy (non-hydrogen) atoms. The number of rotatable bonds is 4. The van der Waals surface area contributed by atoms with E-state index in [9.17, 15) is 9.90 Å². The molecule has 0 aliphatic heterocycles. The van der Waals surface area contributed by atoms with Crippen molar-refractivity contribution in [3.05, 3.63) is 34.9 Å². The fourth-order valence-electron chi connectivity index (χ4n) is 3.42. The third kappa shape index (κ3) is 3.24. The van der Waals surface area contributed by atoms with Gasteiger partial charge in [-0.3, -0.25) is 4.79 Å². The van der Waals surface area contributed by atoms with Crippen molar-refractivity contribution in [2.24, 2.45) is 11.8 Å². The van der Waals surface area contributed by atoms with Gasteiger partial charge in [0, 0.05) is 5.02 Å². The summed E-state index contributed by atoms with van der Waals surface area (Å²) >= 11 is 5.95. The van der Waals surface area contributed by atoms with Crippen LogP contribution in [0.3, 0.4) is 0 Å². The van der Waals surface area contributed by atoms with E-state index in [1.807, 2.05) is 24.3 Å². The minimum atomic E-state index is -0.475. The van der Waals surface area contributed by atoms with Gasteiger partial charge >= 0.3 is 0 Å². The first kappa shape index (κ1) is 14.9. The zero-order chi connectivity index (χ0) is 14.8. The van der Waals surface area contributed by atoms with E-state index in [0.29, 0.717) is 10.9 Å². The number of carbonyl (C=O) groups excluding carboxylic acids is 1. The first-order valence-corrected chi connectivity index (χ1v) is 8.27. The largest absolute Gasteiger partial charge is 0.392 e. The van der Waals surface area contributed by atoms with Crippen molar-refractivity contribution in [1.82, 2.24) is 5.32 Å². The summed E-state index contributed by atoms with van der Waals surface area (Å²) in [5.74, 6) is 0.278. The topological polar surface area (TPSA) is 49.3 Å². The molecule has 3 nitrogen and oxygen atoms in total. The highest BCUT2D eigenvalue weighted by Crippen LogP contribution is 2.38. The van der Waals surface area contributed by atoms with Crippen LogP contribution in [0.25, 0.3) is 0 Å². The second-order valence-corrected chi connectivity index (χ2v) is 6.77. The van der Waals surface area contributed by atoms with Crippen molar-refractivity contribution >= 4 is 17.5 Å². The van der Waals surface area contributed by atoms with Crippen molar-refractivity contribution < 1.29 is 9.90 Å². The van der Waals surface area contributed by atoms with Gasteiger partial charge in [0.2, 0.25) is 5.91 Å². The second-order valence-electron chi connectivity index (χ2n) is 6.33. The molecule has 1 amide bonds. The maximum Gasteiger partial charge on any atom is 0.226 e. The lowest BCUT2D eigenvalue weighted by Crippen LogP contribution is -2.41. The molecule has 2 saturated carbocycles. The Balaban J connectivity index is 1.73. The first-order chi connectivity index (χ1) is 10.1. The van der Waals surface area contributed by atoms with Crippen LogP contribution in [0.2, 0.25) is 5.02 Å². The molecule has 3 rings (SSSR count). The molecule has 4 heteroatoms. The maximum absolute atomic E-state index is 12.5. The normalized spacial score (nSPS) is 27.1. The lowest BCUT2D eigenvalue weighted by Gasteiger charge is -2.35. The van der Waals surface area contributed by atoms with Crippen molar-refractivity contribution in [3.63, 3.8) is 0 Å². The molecule has 2 aliphatic rings. The number of hydrogen-bond acceptors (Lipinski definition) is 2. The van der Waals surface area contributed by atoms with Gasteiger partial charge in [-0.2, -0.15) is 0 Å². The predicted molar refractivity (Wildman–Crippen MR) is 83.0 cm³/mol. The number of benzene rings is 1. The highest BCUT2D eigenvalue weighted by atomic mass is 35.5. The number of aliphatic hydroxyl groups excluding tert-OH is 1. The van der Waals surface area contributed by atoms with E-state index in [0.717, 1.165) is 37.7 Å². The van der Waals surface area contributed by atoms with Crippen molar-refractivity contribution in [3.8, 4) is 0 Å². The predicted octanol–water partition coefficient (Wildman–Crippen LogP) is 3.46. The van der Waals surface area contributed by atoms with Gasteiger partial charge in [0.05, 0.1) is 18.1 Å². The number of amides is 1. The molecule has 3 unspecified atom stereocenters. The summed E-state index contributed by atoms with van der Waals surface area (Å²) < 4.78 is 0. The van der Waals surface area contributed by atoms with Gasteiger partial charge in [-0.1, -0.05) is 30.2 Å². The first-order valence-electron chi connectivity index (χ1n) is 7.89. The Hall–Kier alpha value is -1.06. The summed E-state index contributed by atoms with van der Waals surface area (Å²) in [5, 5.41) is 13.8. The Bertz CT molecular complexity index is 498. The van der Waals surface area contributed by atoms with E-state index in [1.165, 1.54) is 6.42 Å². The SMILES string of the molecule is O=C(NC(c1ccc(Cl)cc1)C1CCC1)C1CCCC1O. The summed E-state index contributed by atoms with van der Waals surface area (Å²) in [6.45, 7) is 0. The minimum Gasteiger partial charge on any atom is -0.392 e. The van der Waals surface area contributed by atoms with Crippen molar-refractivity contribution in [2.45, 2.75) is 50.7 Å². The highest BCUT2D eigenvalue weighted by molar-refractivity contribution is 6.30. The molecular weight excluding hydrogens is 286 g/mol. The standard InChI is InChI=1S/C17H22ClNO2/c18-13-9-7-12(8-10-13)16(11-3-1-4-11)19-17(21)14-5-2-6-15(14)20/h7-11,14-16,20H,1-6H2,(H,19,21). The van der Waals surface area contributed by atoms with E-state index >= 15 is 0 Å². The van der Waals surface area contributed by atoms with E-state index in [2.05, 4.69) is 5.32 Å². The van der Waals surface area contributed by atoms with Crippen molar-refractivity contribution in [1.29, 1.82) is 0 Å². The second kappa shape index (κ2) is 6.37. The summed E-state index contributed by atoms with van der Waals surface area (Å²) in [7, 11) is 0. The maximum atomic E-state index is 12.5. The van der Waals surface area contributed by atoms with Crippen LogP contribution >= 0.6 is 11.6 Å². The zero-order valence-electron chi connectivity index (χ0n) is 12.1. The molecule has 1 aromatic rings. The lowest BCUT2D eigenvalue weighted by atomic mass is 9.77. The van der Waals surface area contributed by atoms with E-state index in [-0.39, 0.29) is 17.9 Å². The Morgan fingerprint density at radius 3 is 2.33 bits per heavy atom. The molecule has 0 spiro atoms. The number of hydrogen-bond donors (Lipinski definition) is 2. The van der Waals surface area contributed by atoms with E-state index in [1.54, 1.807) is 0 Å². The zero-order valence-corrected chi connectivity index (χ0v) is 12.9. The van der Waals surface area contributed by atoms with Crippen LogP contribution in [-0.2, 0) is 4.79 Å². The smallest absolute Gasteiger partial charge is 0.226 e. The summed E-state index contributed by atoms with van der Waals surface area (Å²) in [5.41, 5.74) is 1.12. The van der Waals surface area contributed by atoms with Gasteiger partial charge in [-0.25, -0.2) is 0 Å². The summed E-state index contributed by atoms with van der Waals surface area (Å²) in [6.07, 6.45) is 5.54. The van der Waals surface area contributed by atoms with Crippen LogP contribution in [0.15, 0.2) is 24.3 Å². The number of carbonyl (C=O) groups is 1. The van der Waals surface area contributed by atoms with E-state index in [4.69, 9.17) is 11.6 Å². The molecule has 0 bridgehead atoms. The van der Waals surface area contributed by atoms with Gasteiger partial charge in [-0.05, 0) is 55.7 Å². The van der Waals surface area contributed by atoms with Gasteiger partial charge in [0.1, 0.15) is 0 Å². The van der Waals surface area contributed by atoms with Crippen LogP contribution in [0.4, 0.5) is 0 Å². The molecule has 2 aliphatic carbocycles. The Morgan fingerprint density at radius 1 is 1.14 bits per heavy atom. The third-order valence-corrected chi connectivity index (χ3v) is 5.22. The lowest BCUT2D eigenvalue weighted by molar-refractivity contribution is -0.129. The molecule has 114 valence electrons. The van der Waals surface area contributed by atoms with Gasteiger partial charge in [0.15, 0.2) is 0 Å². The van der Waals surface area contributed by atoms with Crippen LogP contribution in [-0.4, -0.2) is 17.1 Å². The van der Waals surface area contributed by atoms with Crippen LogP contribution in [0, 0.1) is 11.8 Å². The van der Waals surface area contributed by atoms with Crippen LogP contribution in [0.5, 0.6) is 0 Å². The summed E-state index contributed by atoms with van der Waals surface area (Å²) in [6, 6.07) is 7.79. The quantitative estimate of drug-likeness (QED) is 0.895. The molecule has 3 atom stereocenters. The molecule has 1 aromatic carbocycles. The average Bonchev–Trinajstić information content (AvgIpc) is 2.83. The third-order valence-electron chi connectivity index (χ3n) is 4.96. The van der Waals surface area contributed by atoms with Gasteiger partial charge < -0.3 is 10.4 Å². The van der Waals surface area contributed by atoms with Gasteiger partial charge in [0.25, 0.3) is 0 Å². The number of aliphatic hydroxyl groups is 1. The molecule has 0 saturated heterocycles. The van der Waals surface area contributed by atoms with Gasteiger partial charge in [-0.15, -0.1) is 0 Å². The van der Waals surface area contributed by atoms with Crippen molar-refractivity contribution in [2.75, 3.05) is 0 Å². The molecule has 0 heterocycles. The fourth-order valence-corrected chi connectivity index (χ4v) is 3.55. The van der Waals surface area contributed by atoms with Crippen LogP contribution in [0.1, 0.15) is 50.1 Å². The Kier molecular flexibility index (Phi) is 4.51. The monoisotopic (exact) mass is 307 g/mol. The average molecular weight is 308 g/mol. The van der Waals surface area contributed by atoms with E-state index < -0.39 is 6.10 Å². The molecule has 2 N–H and O–H groups in total. The van der Waals surface area contributed by atoms with Crippen LogP contribution < -0.4 is 5.32 Å². The molecule has 2 fully saturated rings. The Labute approximate surface area is 130 Å².